The van der Waals surface area contributed by atoms with Crippen molar-refractivity contribution in [3.63, 3.8) is 0 Å². The average Bonchev–Trinajstić information content (AvgIpc) is 2.68. The van der Waals surface area contributed by atoms with Gasteiger partial charge in [-0.15, -0.1) is 0 Å². The van der Waals surface area contributed by atoms with Crippen molar-refractivity contribution in [3.8, 4) is 11.1 Å². The van der Waals surface area contributed by atoms with Gasteiger partial charge in [-0.3, -0.25) is 0 Å². The van der Waals surface area contributed by atoms with Crippen molar-refractivity contribution < 1.29 is 0 Å². The zero-order chi connectivity index (χ0) is 11.0. The van der Waals surface area contributed by atoms with E-state index < -0.39 is 0 Å². The number of rotatable bonds is 2. The molecular formula is C16H15. The van der Waals surface area contributed by atoms with Crippen molar-refractivity contribution in [1.82, 2.24) is 0 Å². The van der Waals surface area contributed by atoms with Crippen LogP contribution in [-0.2, 0) is 6.42 Å². The molecule has 79 valence electrons. The van der Waals surface area contributed by atoms with Gasteiger partial charge in [0.2, 0.25) is 0 Å². The van der Waals surface area contributed by atoms with Gasteiger partial charge in [-0.2, -0.15) is 0 Å². The van der Waals surface area contributed by atoms with Gasteiger partial charge in [0.1, 0.15) is 0 Å². The third kappa shape index (κ3) is 1.37. The Bertz CT molecular complexity index is 523. The SMILES string of the molecule is CCCc1cccc2c1-c1ccccc1[CH]2. The summed E-state index contributed by atoms with van der Waals surface area (Å²) in [7, 11) is 0. The van der Waals surface area contributed by atoms with Crippen LogP contribution >= 0.6 is 0 Å². The number of aryl methyl sites for hydroxylation is 1. The number of benzene rings is 2. The van der Waals surface area contributed by atoms with E-state index in [0.29, 0.717) is 0 Å². The summed E-state index contributed by atoms with van der Waals surface area (Å²) in [5.74, 6) is 0. The van der Waals surface area contributed by atoms with E-state index in [0.717, 1.165) is 0 Å². The van der Waals surface area contributed by atoms with Crippen LogP contribution in [-0.4, -0.2) is 0 Å². The van der Waals surface area contributed by atoms with Gasteiger partial charge in [0.15, 0.2) is 0 Å². The fourth-order valence-electron chi connectivity index (χ4n) is 2.56. The first-order valence-corrected chi connectivity index (χ1v) is 5.96. The molecule has 1 radical (unpaired) electrons. The van der Waals surface area contributed by atoms with Crippen LogP contribution in [0.25, 0.3) is 11.1 Å². The molecule has 3 rings (SSSR count). The lowest BCUT2D eigenvalue weighted by molar-refractivity contribution is 0.923. The van der Waals surface area contributed by atoms with Crippen molar-refractivity contribution in [2.45, 2.75) is 19.8 Å². The number of hydrogen-bond donors (Lipinski definition) is 0. The molecule has 1 aliphatic carbocycles. The molecule has 0 unspecified atom stereocenters. The topological polar surface area (TPSA) is 0 Å². The minimum Gasteiger partial charge on any atom is -0.0651 e. The first-order valence-electron chi connectivity index (χ1n) is 5.96. The molecule has 0 heterocycles. The van der Waals surface area contributed by atoms with E-state index in [-0.39, 0.29) is 0 Å². The van der Waals surface area contributed by atoms with Crippen molar-refractivity contribution in [3.05, 3.63) is 65.6 Å². The fourth-order valence-corrected chi connectivity index (χ4v) is 2.56. The molecule has 0 aliphatic heterocycles. The summed E-state index contributed by atoms with van der Waals surface area (Å²) in [5.41, 5.74) is 7.09. The maximum atomic E-state index is 2.30. The largest absolute Gasteiger partial charge is 0.0651 e. The van der Waals surface area contributed by atoms with E-state index in [1.165, 1.54) is 40.7 Å². The number of fused-ring (bicyclic) bond motifs is 3. The van der Waals surface area contributed by atoms with Crippen LogP contribution in [0.5, 0.6) is 0 Å². The molecule has 0 nitrogen and oxygen atoms in total. The van der Waals surface area contributed by atoms with E-state index >= 15 is 0 Å². The van der Waals surface area contributed by atoms with E-state index in [9.17, 15) is 0 Å². The maximum absolute atomic E-state index is 2.30. The predicted molar refractivity (Wildman–Crippen MR) is 68.4 cm³/mol. The van der Waals surface area contributed by atoms with Gasteiger partial charge >= 0.3 is 0 Å². The molecule has 0 aromatic heterocycles. The Morgan fingerprint density at radius 3 is 2.56 bits per heavy atom. The van der Waals surface area contributed by atoms with Gasteiger partial charge in [-0.05, 0) is 34.2 Å². The van der Waals surface area contributed by atoms with E-state index in [2.05, 4.69) is 55.8 Å². The normalized spacial score (nSPS) is 12.3. The molecule has 0 atom stereocenters. The minimum atomic E-state index is 1.17. The van der Waals surface area contributed by atoms with Crippen LogP contribution in [0.3, 0.4) is 0 Å². The zero-order valence-corrected chi connectivity index (χ0v) is 9.53. The molecule has 2 aromatic carbocycles. The molecule has 0 heteroatoms. The second-order valence-electron chi connectivity index (χ2n) is 4.36. The molecule has 16 heavy (non-hydrogen) atoms. The van der Waals surface area contributed by atoms with Crippen LogP contribution in [0.2, 0.25) is 0 Å². The zero-order valence-electron chi connectivity index (χ0n) is 9.53. The van der Waals surface area contributed by atoms with Gasteiger partial charge < -0.3 is 0 Å². The molecule has 0 N–H and O–H groups in total. The molecular weight excluding hydrogens is 192 g/mol. The third-order valence-corrected chi connectivity index (χ3v) is 3.24. The van der Waals surface area contributed by atoms with Gasteiger partial charge in [0.25, 0.3) is 0 Å². The second-order valence-corrected chi connectivity index (χ2v) is 4.36. The lowest BCUT2D eigenvalue weighted by Gasteiger charge is -2.08. The van der Waals surface area contributed by atoms with Crippen LogP contribution in [0.4, 0.5) is 0 Å². The maximum Gasteiger partial charge on any atom is 0.0212 e. The molecule has 0 bridgehead atoms. The van der Waals surface area contributed by atoms with Gasteiger partial charge in [0.05, 0.1) is 0 Å². The molecule has 0 spiro atoms. The first-order chi connectivity index (χ1) is 7.90. The standard InChI is InChI=1S/C16H15/c1-2-6-12-8-5-9-14-11-13-7-3-4-10-15(13)16(12)14/h3-5,7-11H,2,6H2,1H3. The summed E-state index contributed by atoms with van der Waals surface area (Å²) in [6, 6.07) is 15.3. The fraction of sp³-hybridized carbons (Fsp3) is 0.188. The smallest absolute Gasteiger partial charge is 0.0212 e. The summed E-state index contributed by atoms with van der Waals surface area (Å²) >= 11 is 0. The summed E-state index contributed by atoms with van der Waals surface area (Å²) in [5, 5.41) is 0. The average molecular weight is 207 g/mol. The summed E-state index contributed by atoms with van der Waals surface area (Å²) in [4.78, 5) is 0. The van der Waals surface area contributed by atoms with Crippen molar-refractivity contribution in [1.29, 1.82) is 0 Å². The Hall–Kier alpha value is -1.56. The lowest BCUT2D eigenvalue weighted by Crippen LogP contribution is -1.89. The predicted octanol–water partition coefficient (Wildman–Crippen LogP) is 4.22. The first kappa shape index (κ1) is 9.65. The van der Waals surface area contributed by atoms with Gasteiger partial charge in [0, 0.05) is 6.42 Å². The minimum absolute atomic E-state index is 1.17. The highest BCUT2D eigenvalue weighted by Crippen LogP contribution is 2.40. The Labute approximate surface area is 96.9 Å². The Balaban J connectivity index is 2.21. The van der Waals surface area contributed by atoms with E-state index in [1.807, 2.05) is 0 Å². The van der Waals surface area contributed by atoms with E-state index in [4.69, 9.17) is 0 Å². The lowest BCUT2D eigenvalue weighted by atomic mass is 9.97. The van der Waals surface area contributed by atoms with Crippen LogP contribution < -0.4 is 0 Å². The molecule has 0 fully saturated rings. The highest BCUT2D eigenvalue weighted by atomic mass is 14.2. The van der Waals surface area contributed by atoms with Gasteiger partial charge in [-0.25, -0.2) is 0 Å². The van der Waals surface area contributed by atoms with E-state index in [1.54, 1.807) is 0 Å². The summed E-state index contributed by atoms with van der Waals surface area (Å²) in [6.07, 6.45) is 4.67. The highest BCUT2D eigenvalue weighted by molar-refractivity contribution is 5.83. The monoisotopic (exact) mass is 207 g/mol. The molecule has 0 amide bonds. The van der Waals surface area contributed by atoms with Crippen LogP contribution in [0.15, 0.2) is 42.5 Å². The van der Waals surface area contributed by atoms with Crippen LogP contribution in [0, 0.1) is 6.42 Å². The quantitative estimate of drug-likeness (QED) is 0.590. The van der Waals surface area contributed by atoms with Gasteiger partial charge in [-0.1, -0.05) is 55.8 Å². The number of hydrogen-bond acceptors (Lipinski definition) is 0. The second kappa shape index (κ2) is 3.79. The highest BCUT2D eigenvalue weighted by Gasteiger charge is 2.20. The Morgan fingerprint density at radius 1 is 0.875 bits per heavy atom. The molecule has 1 aliphatic rings. The molecule has 2 aromatic rings. The third-order valence-electron chi connectivity index (χ3n) is 3.24. The molecule has 0 saturated heterocycles. The summed E-state index contributed by atoms with van der Waals surface area (Å²) in [6.45, 7) is 2.24. The summed E-state index contributed by atoms with van der Waals surface area (Å²) < 4.78 is 0. The Morgan fingerprint density at radius 2 is 1.69 bits per heavy atom. The Kier molecular flexibility index (Phi) is 2.28. The van der Waals surface area contributed by atoms with Crippen LogP contribution in [0.1, 0.15) is 30.0 Å². The molecule has 0 saturated carbocycles. The van der Waals surface area contributed by atoms with Crippen molar-refractivity contribution in [2.75, 3.05) is 0 Å². The van der Waals surface area contributed by atoms with Crippen molar-refractivity contribution in [2.24, 2.45) is 0 Å². The van der Waals surface area contributed by atoms with Crippen molar-refractivity contribution >= 4 is 0 Å².